The van der Waals surface area contributed by atoms with Gasteiger partial charge in [0.2, 0.25) is 5.82 Å². The number of nitrogens with one attached hydrogen (secondary N) is 3. The number of pyridine rings is 2. The second kappa shape index (κ2) is 17.7. The van der Waals surface area contributed by atoms with Gasteiger partial charge in [-0.1, -0.05) is 38.1 Å². The molecule has 2 saturated carbocycles. The molecule has 4 aliphatic rings. The van der Waals surface area contributed by atoms with E-state index in [0.29, 0.717) is 54.2 Å². The number of nitro groups is 1. The van der Waals surface area contributed by atoms with Crippen molar-refractivity contribution < 1.29 is 28.0 Å². The number of hydrogen-bond donors (Lipinski definition) is 4. The van der Waals surface area contributed by atoms with Crippen molar-refractivity contribution in [2.24, 2.45) is 11.3 Å². The van der Waals surface area contributed by atoms with E-state index in [0.717, 1.165) is 62.5 Å². The fourth-order valence-corrected chi connectivity index (χ4v) is 12.1. The molecule has 3 aromatic heterocycles. The summed E-state index contributed by atoms with van der Waals surface area (Å²) < 4.78 is 36.3. The molecule has 2 aliphatic heterocycles. The lowest BCUT2D eigenvalue weighted by Crippen LogP contribution is -2.54. The number of H-pyrrole nitrogens is 1. The zero-order chi connectivity index (χ0) is 45.7. The van der Waals surface area contributed by atoms with Crippen LogP contribution in [0.1, 0.15) is 124 Å². The van der Waals surface area contributed by atoms with Gasteiger partial charge < -0.3 is 25.0 Å². The van der Waals surface area contributed by atoms with Crippen molar-refractivity contribution in [3.8, 4) is 11.5 Å². The molecule has 4 fully saturated rings. The minimum atomic E-state index is -4.65. The number of aromatic nitrogens is 3. The maximum atomic E-state index is 14.1. The first kappa shape index (κ1) is 44.6. The van der Waals surface area contributed by atoms with Gasteiger partial charge in [0.1, 0.15) is 22.0 Å². The highest BCUT2D eigenvalue weighted by molar-refractivity contribution is 7.90. The molecule has 1 spiro atoms. The van der Waals surface area contributed by atoms with Gasteiger partial charge >= 0.3 is 5.69 Å². The Morgan fingerprint density at radius 1 is 1.03 bits per heavy atom. The van der Waals surface area contributed by atoms with Gasteiger partial charge in [-0.3, -0.25) is 19.8 Å². The van der Waals surface area contributed by atoms with E-state index < -0.39 is 37.0 Å². The van der Waals surface area contributed by atoms with Crippen LogP contribution in [0.4, 0.5) is 17.2 Å². The fourth-order valence-electron chi connectivity index (χ4n) is 10.9. The van der Waals surface area contributed by atoms with Gasteiger partial charge in [-0.2, -0.15) is 0 Å². The van der Waals surface area contributed by atoms with Crippen LogP contribution in [0.15, 0.2) is 78.0 Å². The van der Waals surface area contributed by atoms with Crippen molar-refractivity contribution in [1.29, 1.82) is 0 Å². The van der Waals surface area contributed by atoms with Crippen molar-refractivity contribution in [1.82, 2.24) is 24.6 Å². The first-order chi connectivity index (χ1) is 31.1. The van der Waals surface area contributed by atoms with E-state index in [-0.39, 0.29) is 28.7 Å². The van der Waals surface area contributed by atoms with Gasteiger partial charge in [0.25, 0.3) is 15.9 Å². The topological polar surface area (TPSA) is 196 Å². The van der Waals surface area contributed by atoms with Crippen LogP contribution in [0.5, 0.6) is 11.5 Å². The number of carbonyl (C=O) groups excluding carboxylic acids is 1. The van der Waals surface area contributed by atoms with E-state index >= 15 is 0 Å². The summed E-state index contributed by atoms with van der Waals surface area (Å²) in [6, 6.07) is 19.8. The number of benzene rings is 2. The highest BCUT2D eigenvalue weighted by atomic mass is 32.2. The Morgan fingerprint density at radius 3 is 2.52 bits per heavy atom. The van der Waals surface area contributed by atoms with Gasteiger partial charge in [-0.05, 0) is 137 Å². The monoisotopic (exact) mass is 904 g/mol. The third-order valence-corrected chi connectivity index (χ3v) is 16.1. The lowest BCUT2D eigenvalue weighted by molar-refractivity contribution is -0.384. The first-order valence-corrected chi connectivity index (χ1v) is 24.6. The van der Waals surface area contributed by atoms with Gasteiger partial charge in [0, 0.05) is 61.1 Å². The average molecular weight is 905 g/mol. The van der Waals surface area contributed by atoms with Crippen molar-refractivity contribution in [2.75, 3.05) is 36.4 Å². The summed E-state index contributed by atoms with van der Waals surface area (Å²) in [4.78, 5) is 42.0. The summed E-state index contributed by atoms with van der Waals surface area (Å²) in [5.41, 5.74) is 3.47. The Balaban J connectivity index is 0.908. The molecule has 0 unspecified atom stereocenters. The number of fused-ring (bicyclic) bond motifs is 1. The predicted molar refractivity (Wildman–Crippen MR) is 250 cm³/mol. The Labute approximate surface area is 380 Å². The van der Waals surface area contributed by atoms with Gasteiger partial charge in [-0.25, -0.2) is 23.1 Å². The van der Waals surface area contributed by atoms with Crippen LogP contribution in [0, 0.1) is 28.4 Å². The van der Waals surface area contributed by atoms with Crippen LogP contribution in [0.25, 0.3) is 11.0 Å². The first-order valence-electron chi connectivity index (χ1n) is 23.1. The molecule has 2 saturated heterocycles. The van der Waals surface area contributed by atoms with Crippen molar-refractivity contribution in [3.63, 3.8) is 0 Å². The van der Waals surface area contributed by atoms with E-state index in [9.17, 15) is 28.4 Å². The van der Waals surface area contributed by atoms with Crippen molar-refractivity contribution in [3.05, 3.63) is 106 Å². The smallest absolute Gasteiger partial charge is 0.312 e. The summed E-state index contributed by atoms with van der Waals surface area (Å²) >= 11 is 0. The van der Waals surface area contributed by atoms with Gasteiger partial charge in [0.15, 0.2) is 0 Å². The molecule has 5 heterocycles. The normalized spacial score (nSPS) is 22.6. The molecule has 15 nitrogen and oxygen atoms in total. The Bertz CT molecular complexity index is 2690. The quantitative estimate of drug-likeness (QED) is 0.0647. The van der Waals surface area contributed by atoms with Gasteiger partial charge in [-0.15, -0.1) is 0 Å². The molecule has 0 bridgehead atoms. The second-order valence-corrected chi connectivity index (χ2v) is 21.2. The number of nitrogens with zero attached hydrogens (tertiary/aromatic N) is 5. The number of sulfonamides is 1. The average Bonchev–Trinajstić information content (AvgIpc) is 3.95. The van der Waals surface area contributed by atoms with E-state index in [4.69, 9.17) is 4.74 Å². The van der Waals surface area contributed by atoms with Crippen LogP contribution >= 0.6 is 0 Å². The van der Waals surface area contributed by atoms with Crippen LogP contribution in [0.3, 0.4) is 0 Å². The number of likely N-dealkylation sites (tertiary alicyclic amines) is 1. The van der Waals surface area contributed by atoms with E-state index in [1.165, 1.54) is 49.9 Å². The zero-order valence-electron chi connectivity index (χ0n) is 37.7. The number of piperidine rings is 1. The SMILES string of the molecule is Cc1nc(NCC2CCC(C)(O)CC2)c([N+](=O)[O-])cc1S(=O)(=O)NC(=O)c1ccc(N2CCC3(CC2)CC(N2CCC[C@@H]2c2ccccc2C(C)C)C3)cc1Oc1cnc2[nH]ccc2c1. The number of carbonyl (C=O) groups is 1. The number of ether oxygens (including phenoxy) is 1. The number of rotatable bonds is 13. The van der Waals surface area contributed by atoms with Crippen molar-refractivity contribution >= 4 is 44.2 Å². The molecule has 1 amide bonds. The number of amides is 1. The molecule has 4 N–H and O–H groups in total. The Morgan fingerprint density at radius 2 is 1.78 bits per heavy atom. The molecule has 5 aromatic rings. The number of anilines is 2. The Kier molecular flexibility index (Phi) is 12.1. The molecule has 16 heteroatoms. The van der Waals surface area contributed by atoms with E-state index in [1.807, 2.05) is 12.1 Å². The lowest BCUT2D eigenvalue weighted by atomic mass is 9.59. The second-order valence-electron chi connectivity index (χ2n) is 19.6. The molecule has 65 heavy (non-hydrogen) atoms. The molecule has 2 aliphatic carbocycles. The molecule has 0 radical (unpaired) electrons. The summed E-state index contributed by atoms with van der Waals surface area (Å²) in [6.07, 6.45) is 12.9. The maximum Gasteiger partial charge on any atom is 0.312 e. The zero-order valence-corrected chi connectivity index (χ0v) is 38.5. The Hall–Kier alpha value is -5.58. The van der Waals surface area contributed by atoms with Crippen LogP contribution in [-0.4, -0.2) is 82.0 Å². The fraction of sp³-hybridized carbons (Fsp3) is 0.490. The highest BCUT2D eigenvalue weighted by Gasteiger charge is 2.50. The standard InChI is InChI=1S/C49H60N8O7S/c1-31(2)38-8-5-6-9-39(38)41-10-7-21-56(41)36-27-49(28-36)18-22-55(23-19-49)35-11-12-40(43(25-35)64-37-24-34-15-20-50-45(34)52-30-37)47(58)54-65(62,63)44-26-42(57(60)61)46(53-32(44)3)51-29-33-13-16-48(4,59)17-14-33/h5-6,8-9,11-12,15,20,24-26,30-31,33,36,41,59H,7,10,13-14,16-19,21-23,27-29H2,1-4H3,(H,50,52)(H,51,53)(H,54,58)/t33?,41-,48?/m1/s1. The minimum Gasteiger partial charge on any atom is -0.455 e. The predicted octanol–water partition coefficient (Wildman–Crippen LogP) is 9.15. The number of aryl methyl sites for hydroxylation is 1. The third kappa shape index (κ3) is 9.30. The molecule has 344 valence electrons. The maximum absolute atomic E-state index is 14.1. The summed E-state index contributed by atoms with van der Waals surface area (Å²) in [5, 5.41) is 26.4. The third-order valence-electron chi connectivity index (χ3n) is 14.7. The van der Waals surface area contributed by atoms with E-state index in [2.05, 4.69) is 72.9 Å². The number of aliphatic hydroxyl groups is 1. The molecular weight excluding hydrogens is 845 g/mol. The minimum absolute atomic E-state index is 0.0139. The van der Waals surface area contributed by atoms with Gasteiger partial charge in [0.05, 0.1) is 28.0 Å². The summed E-state index contributed by atoms with van der Waals surface area (Å²) in [5.74, 6) is 0.134. The van der Waals surface area contributed by atoms with E-state index in [1.54, 1.807) is 31.3 Å². The van der Waals surface area contributed by atoms with Crippen LogP contribution in [0.2, 0.25) is 0 Å². The van der Waals surface area contributed by atoms with Crippen LogP contribution < -0.4 is 19.7 Å². The highest BCUT2D eigenvalue weighted by Crippen LogP contribution is 2.54. The summed E-state index contributed by atoms with van der Waals surface area (Å²) in [7, 11) is -4.65. The van der Waals surface area contributed by atoms with Crippen LogP contribution in [-0.2, 0) is 10.0 Å². The summed E-state index contributed by atoms with van der Waals surface area (Å²) in [6.45, 7) is 11.0. The number of hydrogen-bond acceptors (Lipinski definition) is 12. The molecule has 2 aromatic carbocycles. The van der Waals surface area contributed by atoms with Crippen molar-refractivity contribution in [2.45, 2.75) is 120 Å². The number of aromatic amines is 1. The molecular formula is C49H60N8O7S. The molecule has 9 rings (SSSR count). The largest absolute Gasteiger partial charge is 0.455 e. The molecule has 1 atom stereocenters. The lowest BCUT2D eigenvalue weighted by Gasteiger charge is -2.56.